The number of carbonyl (C=O) groups excluding carboxylic acids is 3. The van der Waals surface area contributed by atoms with Crippen molar-refractivity contribution >= 4 is 46.5 Å². The van der Waals surface area contributed by atoms with Crippen LogP contribution in [-0.2, 0) is 9.59 Å². The van der Waals surface area contributed by atoms with Gasteiger partial charge in [-0.2, -0.15) is 0 Å². The third-order valence-electron chi connectivity index (χ3n) is 3.89. The lowest BCUT2D eigenvalue weighted by molar-refractivity contribution is -0.125. The summed E-state index contributed by atoms with van der Waals surface area (Å²) in [6.07, 6.45) is 1.34. The highest BCUT2D eigenvalue weighted by atomic mass is 35.5. The molecule has 0 atom stereocenters. The van der Waals surface area contributed by atoms with Crippen LogP contribution < -0.4 is 10.1 Å². The summed E-state index contributed by atoms with van der Waals surface area (Å²) in [6, 6.07) is 12.6. The summed E-state index contributed by atoms with van der Waals surface area (Å²) in [5, 5.41) is 2.60. The van der Waals surface area contributed by atoms with Crippen LogP contribution in [0.3, 0.4) is 0 Å². The number of nitrogens with zero attached hydrogens (tertiary/aromatic N) is 1. The number of nitrogens with one attached hydrogen (secondary N) is 1. The van der Waals surface area contributed by atoms with Gasteiger partial charge in [0.2, 0.25) is 0 Å². The lowest BCUT2D eigenvalue weighted by Crippen LogP contribution is -2.38. The Hall–Kier alpha value is -2.84. The summed E-state index contributed by atoms with van der Waals surface area (Å²) >= 11 is 6.57. The van der Waals surface area contributed by atoms with Crippen molar-refractivity contribution in [3.63, 3.8) is 0 Å². The molecule has 0 unspecified atom stereocenters. The largest absolute Gasteiger partial charge is 0.484 e. The van der Waals surface area contributed by atoms with Crippen molar-refractivity contribution in [3.8, 4) is 5.75 Å². The molecule has 1 saturated heterocycles. The molecule has 1 fully saturated rings. The molecule has 1 heterocycles. The Morgan fingerprint density at radius 2 is 2.00 bits per heavy atom. The number of benzene rings is 2. The van der Waals surface area contributed by atoms with E-state index in [0.717, 1.165) is 16.7 Å². The number of carbonyl (C=O) groups is 3. The minimum Gasteiger partial charge on any atom is -0.484 e. The van der Waals surface area contributed by atoms with Gasteiger partial charge in [0.05, 0.1) is 4.91 Å². The van der Waals surface area contributed by atoms with Crippen LogP contribution >= 0.6 is 23.4 Å². The van der Waals surface area contributed by atoms with Gasteiger partial charge in [-0.05, 0) is 42.1 Å². The van der Waals surface area contributed by atoms with Gasteiger partial charge in [0.25, 0.3) is 17.1 Å². The van der Waals surface area contributed by atoms with E-state index in [9.17, 15) is 18.8 Å². The Labute approximate surface area is 175 Å². The third kappa shape index (κ3) is 5.58. The number of hydrogen-bond donors (Lipinski definition) is 1. The lowest BCUT2D eigenvalue weighted by atomic mass is 10.2. The maximum absolute atomic E-state index is 13.7. The van der Waals surface area contributed by atoms with E-state index in [-0.39, 0.29) is 30.2 Å². The van der Waals surface area contributed by atoms with E-state index in [1.807, 2.05) is 0 Å². The van der Waals surface area contributed by atoms with Crippen molar-refractivity contribution in [2.45, 2.75) is 0 Å². The molecule has 2 aromatic rings. The monoisotopic (exact) mass is 434 g/mol. The van der Waals surface area contributed by atoms with Crippen LogP contribution in [0.25, 0.3) is 6.08 Å². The summed E-state index contributed by atoms with van der Waals surface area (Å²) in [6.45, 7) is -0.152. The van der Waals surface area contributed by atoms with Crippen molar-refractivity contribution in [3.05, 3.63) is 69.8 Å². The normalized spacial score (nSPS) is 15.1. The molecule has 0 spiro atoms. The minimum absolute atomic E-state index is 0.00217. The Bertz CT molecular complexity index is 982. The first-order valence-corrected chi connectivity index (χ1v) is 9.78. The van der Waals surface area contributed by atoms with Gasteiger partial charge in [-0.25, -0.2) is 4.39 Å². The van der Waals surface area contributed by atoms with Crippen LogP contribution in [0.5, 0.6) is 5.75 Å². The molecule has 6 nitrogen and oxygen atoms in total. The number of ether oxygens (including phenoxy) is 1. The van der Waals surface area contributed by atoms with Gasteiger partial charge in [0.1, 0.15) is 11.6 Å². The average Bonchev–Trinajstić information content (AvgIpc) is 2.95. The molecule has 1 aliphatic rings. The Morgan fingerprint density at radius 3 is 2.76 bits per heavy atom. The Balaban J connectivity index is 1.49. The SMILES string of the molecule is O=C(COc1cccc(Cl)c1)NCCN1C(=O)S/C(=C\c2ccccc2F)C1=O. The van der Waals surface area contributed by atoms with Gasteiger partial charge in [-0.3, -0.25) is 19.3 Å². The predicted octanol–water partition coefficient (Wildman–Crippen LogP) is 3.71. The predicted molar refractivity (Wildman–Crippen MR) is 109 cm³/mol. The molecule has 0 aliphatic carbocycles. The molecule has 3 amide bonds. The quantitative estimate of drug-likeness (QED) is 0.672. The van der Waals surface area contributed by atoms with Crippen LogP contribution in [0, 0.1) is 5.82 Å². The van der Waals surface area contributed by atoms with Crippen LogP contribution in [0.2, 0.25) is 5.02 Å². The van der Waals surface area contributed by atoms with E-state index in [1.165, 1.54) is 24.3 Å². The zero-order valence-corrected chi connectivity index (χ0v) is 16.6. The molecular weight excluding hydrogens is 419 g/mol. The zero-order chi connectivity index (χ0) is 20.8. The average molecular weight is 435 g/mol. The van der Waals surface area contributed by atoms with E-state index in [1.54, 1.807) is 30.3 Å². The van der Waals surface area contributed by atoms with Crippen molar-refractivity contribution in [2.75, 3.05) is 19.7 Å². The molecular formula is C20H16ClFN2O4S. The fraction of sp³-hybridized carbons (Fsp3) is 0.150. The fourth-order valence-electron chi connectivity index (χ4n) is 2.49. The first-order valence-electron chi connectivity index (χ1n) is 8.59. The maximum atomic E-state index is 13.7. The van der Waals surface area contributed by atoms with Crippen LogP contribution in [0.15, 0.2) is 53.4 Å². The van der Waals surface area contributed by atoms with Gasteiger partial charge in [-0.15, -0.1) is 0 Å². The lowest BCUT2D eigenvalue weighted by Gasteiger charge is -2.13. The summed E-state index contributed by atoms with van der Waals surface area (Å²) in [4.78, 5) is 37.5. The van der Waals surface area contributed by atoms with Gasteiger partial charge in [-0.1, -0.05) is 35.9 Å². The fourth-order valence-corrected chi connectivity index (χ4v) is 3.53. The van der Waals surface area contributed by atoms with Crippen LogP contribution in [0.1, 0.15) is 5.56 Å². The first kappa shape index (κ1) is 20.9. The smallest absolute Gasteiger partial charge is 0.293 e. The van der Waals surface area contributed by atoms with E-state index in [2.05, 4.69) is 5.32 Å². The van der Waals surface area contributed by atoms with Gasteiger partial charge in [0, 0.05) is 23.7 Å². The number of rotatable bonds is 7. The van der Waals surface area contributed by atoms with Crippen molar-refractivity contribution < 1.29 is 23.5 Å². The number of thioether (sulfide) groups is 1. The summed E-state index contributed by atoms with van der Waals surface area (Å²) < 4.78 is 19.1. The molecule has 1 aliphatic heterocycles. The van der Waals surface area contributed by atoms with E-state index >= 15 is 0 Å². The number of halogens is 2. The van der Waals surface area contributed by atoms with Crippen molar-refractivity contribution in [1.29, 1.82) is 0 Å². The minimum atomic E-state index is -0.521. The molecule has 29 heavy (non-hydrogen) atoms. The molecule has 1 N–H and O–H groups in total. The summed E-state index contributed by atoms with van der Waals surface area (Å²) in [5.74, 6) is -0.949. The number of hydrogen-bond acceptors (Lipinski definition) is 5. The number of amides is 3. The van der Waals surface area contributed by atoms with Crippen LogP contribution in [-0.4, -0.2) is 41.6 Å². The van der Waals surface area contributed by atoms with Gasteiger partial charge in [0.15, 0.2) is 6.61 Å². The van der Waals surface area contributed by atoms with Gasteiger partial charge < -0.3 is 10.1 Å². The van der Waals surface area contributed by atoms with E-state index in [4.69, 9.17) is 16.3 Å². The van der Waals surface area contributed by atoms with Crippen molar-refractivity contribution in [1.82, 2.24) is 10.2 Å². The maximum Gasteiger partial charge on any atom is 0.293 e. The molecule has 0 saturated carbocycles. The molecule has 0 bridgehead atoms. The Morgan fingerprint density at radius 1 is 1.21 bits per heavy atom. The first-order chi connectivity index (χ1) is 13.9. The number of imide groups is 1. The molecule has 9 heteroatoms. The van der Waals surface area contributed by atoms with Crippen LogP contribution in [0.4, 0.5) is 9.18 Å². The summed E-state index contributed by atoms with van der Waals surface area (Å²) in [5.41, 5.74) is 0.226. The van der Waals surface area contributed by atoms with Gasteiger partial charge >= 0.3 is 0 Å². The zero-order valence-electron chi connectivity index (χ0n) is 15.1. The molecule has 150 valence electrons. The standard InChI is InChI=1S/C20H16ClFN2O4S/c21-14-5-3-6-15(11-14)28-12-18(25)23-8-9-24-19(26)17(29-20(24)27)10-13-4-1-2-7-16(13)22/h1-7,10-11H,8-9,12H2,(H,23,25)/b17-10-. The van der Waals surface area contributed by atoms with Crippen molar-refractivity contribution in [2.24, 2.45) is 0 Å². The molecule has 2 aromatic carbocycles. The van der Waals surface area contributed by atoms with E-state index < -0.39 is 22.9 Å². The Kier molecular flexibility index (Phi) is 6.90. The highest BCUT2D eigenvalue weighted by molar-refractivity contribution is 8.18. The summed E-state index contributed by atoms with van der Waals surface area (Å²) in [7, 11) is 0. The second-order valence-electron chi connectivity index (χ2n) is 5.95. The topological polar surface area (TPSA) is 75.7 Å². The molecule has 0 radical (unpaired) electrons. The van der Waals surface area contributed by atoms with E-state index in [0.29, 0.717) is 10.8 Å². The second-order valence-corrected chi connectivity index (χ2v) is 7.38. The highest BCUT2D eigenvalue weighted by Crippen LogP contribution is 2.32. The highest BCUT2D eigenvalue weighted by Gasteiger charge is 2.34. The third-order valence-corrected chi connectivity index (χ3v) is 5.03. The molecule has 3 rings (SSSR count). The molecule has 0 aromatic heterocycles. The second kappa shape index (κ2) is 9.58.